The minimum absolute atomic E-state index is 0.260. The number of aromatic nitrogens is 1. The average Bonchev–Trinajstić information content (AvgIpc) is 3.12. The van der Waals surface area contributed by atoms with Gasteiger partial charge in [-0.3, -0.25) is 0 Å². The molecule has 24 heavy (non-hydrogen) atoms. The number of pyridine rings is 1. The number of phenolic OH excluding ortho intramolecular Hbond substituents is 1. The van der Waals surface area contributed by atoms with E-state index in [4.69, 9.17) is 4.98 Å². The fourth-order valence-electron chi connectivity index (χ4n) is 2.59. The molecular weight excluding hydrogens is 316 g/mol. The lowest BCUT2D eigenvalue weighted by atomic mass is 10.0. The Hall–Kier alpha value is -2.33. The molecule has 3 nitrogen and oxygen atoms in total. The van der Waals surface area contributed by atoms with Crippen LogP contribution in [-0.2, 0) is 0 Å². The zero-order chi connectivity index (χ0) is 16.9. The molecule has 0 aliphatic heterocycles. The van der Waals surface area contributed by atoms with Gasteiger partial charge in [-0.05, 0) is 54.6 Å². The highest BCUT2D eigenvalue weighted by Crippen LogP contribution is 2.34. The fourth-order valence-corrected chi connectivity index (χ4v) is 3.31. The van der Waals surface area contributed by atoms with Gasteiger partial charge in [0.2, 0.25) is 0 Å². The maximum absolute atomic E-state index is 10.3. The Morgan fingerprint density at radius 3 is 2.79 bits per heavy atom. The molecule has 0 radical (unpaired) electrons. The van der Waals surface area contributed by atoms with Crippen molar-refractivity contribution >= 4 is 17.2 Å². The van der Waals surface area contributed by atoms with E-state index >= 15 is 0 Å². The van der Waals surface area contributed by atoms with Crippen molar-refractivity contribution in [1.82, 2.24) is 4.98 Å². The molecule has 0 spiro atoms. The van der Waals surface area contributed by atoms with Crippen LogP contribution in [-0.4, -0.2) is 16.6 Å². The normalized spacial score (nSPS) is 10.8. The Morgan fingerprint density at radius 2 is 2.04 bits per heavy atom. The highest BCUT2D eigenvalue weighted by molar-refractivity contribution is 7.13. The zero-order valence-corrected chi connectivity index (χ0v) is 14.9. The maximum atomic E-state index is 10.3. The molecule has 0 bridgehead atoms. The molecule has 0 amide bonds. The van der Waals surface area contributed by atoms with Crippen molar-refractivity contribution in [3.8, 4) is 27.4 Å². The van der Waals surface area contributed by atoms with Gasteiger partial charge in [-0.2, -0.15) is 0 Å². The first-order chi connectivity index (χ1) is 11.7. The van der Waals surface area contributed by atoms with E-state index in [0.29, 0.717) is 0 Å². The summed E-state index contributed by atoms with van der Waals surface area (Å²) in [4.78, 5) is 5.92. The Bertz CT molecular complexity index is 813. The molecule has 0 saturated carbocycles. The van der Waals surface area contributed by atoms with E-state index in [0.717, 1.165) is 47.6 Å². The molecule has 0 atom stereocenters. The number of anilines is 1. The number of aromatic hydroxyl groups is 1. The standard InChI is InChI=1S/C20H22N2OS/c1-3-4-9-21-20-13-15(19-6-5-10-24-19)12-17(22-20)16-11-14(2)7-8-18(16)23/h5-8,10-13,23H,3-4,9H2,1-2H3,(H,21,22). The summed E-state index contributed by atoms with van der Waals surface area (Å²) in [6, 6.07) is 13.9. The molecule has 2 heterocycles. The van der Waals surface area contributed by atoms with Crippen LogP contribution in [0.4, 0.5) is 5.82 Å². The predicted molar refractivity (Wildman–Crippen MR) is 103 cm³/mol. The van der Waals surface area contributed by atoms with E-state index in [1.807, 2.05) is 25.1 Å². The van der Waals surface area contributed by atoms with Crippen LogP contribution in [0.2, 0.25) is 0 Å². The summed E-state index contributed by atoms with van der Waals surface area (Å²) >= 11 is 1.71. The Kier molecular flexibility index (Phi) is 5.16. The summed E-state index contributed by atoms with van der Waals surface area (Å²) in [7, 11) is 0. The number of benzene rings is 1. The van der Waals surface area contributed by atoms with Crippen LogP contribution in [0.3, 0.4) is 0 Å². The highest BCUT2D eigenvalue weighted by Gasteiger charge is 2.11. The summed E-state index contributed by atoms with van der Waals surface area (Å²) in [5, 5.41) is 15.7. The van der Waals surface area contributed by atoms with Crippen molar-refractivity contribution in [1.29, 1.82) is 0 Å². The van der Waals surface area contributed by atoms with E-state index < -0.39 is 0 Å². The summed E-state index contributed by atoms with van der Waals surface area (Å²) in [5.74, 6) is 1.11. The molecule has 0 aliphatic rings. The average molecular weight is 338 g/mol. The van der Waals surface area contributed by atoms with Crippen molar-refractivity contribution in [3.63, 3.8) is 0 Å². The first-order valence-electron chi connectivity index (χ1n) is 8.27. The van der Waals surface area contributed by atoms with Gasteiger partial charge in [-0.1, -0.05) is 31.0 Å². The van der Waals surface area contributed by atoms with Gasteiger partial charge in [0.1, 0.15) is 11.6 Å². The Balaban J connectivity index is 2.05. The summed E-state index contributed by atoms with van der Waals surface area (Å²) in [5.41, 5.74) is 3.79. The lowest BCUT2D eigenvalue weighted by Crippen LogP contribution is -2.03. The first kappa shape index (κ1) is 16.5. The quantitative estimate of drug-likeness (QED) is 0.566. The Morgan fingerprint density at radius 1 is 1.17 bits per heavy atom. The van der Waals surface area contributed by atoms with Crippen molar-refractivity contribution in [2.75, 3.05) is 11.9 Å². The fraction of sp³-hybridized carbons (Fsp3) is 0.250. The third-order valence-electron chi connectivity index (χ3n) is 3.90. The first-order valence-corrected chi connectivity index (χ1v) is 9.15. The number of nitrogens with zero attached hydrogens (tertiary/aromatic N) is 1. The summed E-state index contributed by atoms with van der Waals surface area (Å²) < 4.78 is 0. The number of phenols is 1. The molecule has 2 aromatic heterocycles. The highest BCUT2D eigenvalue weighted by atomic mass is 32.1. The number of hydrogen-bond donors (Lipinski definition) is 2. The smallest absolute Gasteiger partial charge is 0.127 e. The third-order valence-corrected chi connectivity index (χ3v) is 4.81. The molecule has 124 valence electrons. The molecule has 0 unspecified atom stereocenters. The van der Waals surface area contributed by atoms with Gasteiger partial charge in [-0.15, -0.1) is 11.3 Å². The van der Waals surface area contributed by atoms with Crippen molar-refractivity contribution in [2.45, 2.75) is 26.7 Å². The van der Waals surface area contributed by atoms with Crippen LogP contribution in [0.5, 0.6) is 5.75 Å². The van der Waals surface area contributed by atoms with E-state index in [-0.39, 0.29) is 5.75 Å². The second kappa shape index (κ2) is 7.49. The third kappa shape index (κ3) is 3.77. The van der Waals surface area contributed by atoms with E-state index in [1.165, 1.54) is 4.88 Å². The lowest BCUT2D eigenvalue weighted by molar-refractivity contribution is 0.477. The predicted octanol–water partition coefficient (Wildman–Crippen LogP) is 5.70. The molecule has 2 N–H and O–H groups in total. The second-order valence-electron chi connectivity index (χ2n) is 5.90. The van der Waals surface area contributed by atoms with Gasteiger partial charge < -0.3 is 10.4 Å². The zero-order valence-electron chi connectivity index (χ0n) is 14.0. The minimum Gasteiger partial charge on any atom is -0.507 e. The van der Waals surface area contributed by atoms with Crippen LogP contribution in [0.1, 0.15) is 25.3 Å². The molecule has 0 saturated heterocycles. The number of hydrogen-bond acceptors (Lipinski definition) is 4. The number of nitrogens with one attached hydrogen (secondary N) is 1. The van der Waals surface area contributed by atoms with Crippen LogP contribution in [0.15, 0.2) is 47.8 Å². The molecule has 3 rings (SSSR count). The van der Waals surface area contributed by atoms with E-state index in [2.05, 4.69) is 35.8 Å². The minimum atomic E-state index is 0.260. The molecule has 1 aromatic carbocycles. The van der Waals surface area contributed by atoms with Crippen LogP contribution in [0, 0.1) is 6.92 Å². The molecule has 0 aliphatic carbocycles. The molecule has 0 fully saturated rings. The van der Waals surface area contributed by atoms with Crippen LogP contribution >= 0.6 is 11.3 Å². The topological polar surface area (TPSA) is 45.1 Å². The lowest BCUT2D eigenvalue weighted by Gasteiger charge is -2.12. The van der Waals surface area contributed by atoms with Gasteiger partial charge in [-0.25, -0.2) is 4.98 Å². The van der Waals surface area contributed by atoms with Crippen LogP contribution in [0.25, 0.3) is 21.7 Å². The summed E-state index contributed by atoms with van der Waals surface area (Å²) in [6.45, 7) is 5.09. The summed E-state index contributed by atoms with van der Waals surface area (Å²) in [6.07, 6.45) is 2.25. The van der Waals surface area contributed by atoms with Crippen molar-refractivity contribution < 1.29 is 5.11 Å². The van der Waals surface area contributed by atoms with Gasteiger partial charge in [0.05, 0.1) is 5.69 Å². The van der Waals surface area contributed by atoms with Crippen molar-refractivity contribution in [2.24, 2.45) is 0 Å². The van der Waals surface area contributed by atoms with E-state index in [1.54, 1.807) is 17.4 Å². The van der Waals surface area contributed by atoms with Gasteiger partial charge in [0.15, 0.2) is 0 Å². The van der Waals surface area contributed by atoms with Crippen LogP contribution < -0.4 is 5.32 Å². The van der Waals surface area contributed by atoms with Gasteiger partial charge >= 0.3 is 0 Å². The molecule has 4 heteroatoms. The number of unbranched alkanes of at least 4 members (excludes halogenated alkanes) is 1. The molecular formula is C20H22N2OS. The SMILES string of the molecule is CCCCNc1cc(-c2cccs2)cc(-c2cc(C)ccc2O)n1. The van der Waals surface area contributed by atoms with E-state index in [9.17, 15) is 5.11 Å². The Labute approximate surface area is 147 Å². The second-order valence-corrected chi connectivity index (χ2v) is 6.85. The van der Waals surface area contributed by atoms with Gasteiger partial charge in [0.25, 0.3) is 0 Å². The maximum Gasteiger partial charge on any atom is 0.127 e. The number of aryl methyl sites for hydroxylation is 1. The monoisotopic (exact) mass is 338 g/mol. The van der Waals surface area contributed by atoms with Crippen molar-refractivity contribution in [3.05, 3.63) is 53.4 Å². The number of rotatable bonds is 6. The molecule has 3 aromatic rings. The largest absolute Gasteiger partial charge is 0.507 e. The number of thiophene rings is 1. The van der Waals surface area contributed by atoms with Gasteiger partial charge in [0, 0.05) is 17.0 Å².